The minimum atomic E-state index is -0.910. The predicted molar refractivity (Wildman–Crippen MR) is 304 cm³/mol. The van der Waals surface area contributed by atoms with Gasteiger partial charge in [-0.1, -0.05) is 72.8 Å². The average molecular weight is 1130 g/mol. The lowest BCUT2D eigenvalue weighted by molar-refractivity contribution is -0.143. The Morgan fingerprint density at radius 2 is 0.949 bits per heavy atom. The van der Waals surface area contributed by atoms with E-state index in [1.807, 2.05) is 47.5 Å². The smallest absolute Gasteiger partial charge is 0.246 e. The van der Waals surface area contributed by atoms with Gasteiger partial charge in [0, 0.05) is 26.2 Å². The summed E-state index contributed by atoms with van der Waals surface area (Å²) in [5.41, 5.74) is 7.73. The molecule has 2 unspecified atom stereocenters. The number of amides is 6. The second-order valence-corrected chi connectivity index (χ2v) is 22.3. The summed E-state index contributed by atoms with van der Waals surface area (Å²) in [7, 11) is 3.40. The van der Waals surface area contributed by atoms with Crippen LogP contribution in [0.3, 0.4) is 0 Å². The van der Waals surface area contributed by atoms with Crippen LogP contribution in [0.4, 0.5) is 0 Å². The third-order valence-electron chi connectivity index (χ3n) is 17.2. The average Bonchev–Trinajstić information content (AvgIpc) is 4.29. The second-order valence-electron chi connectivity index (χ2n) is 22.3. The van der Waals surface area contributed by atoms with Crippen molar-refractivity contribution in [2.24, 2.45) is 11.8 Å². The van der Waals surface area contributed by atoms with Crippen molar-refractivity contribution in [1.82, 2.24) is 71.7 Å². The molecule has 4 aromatic rings. The summed E-state index contributed by atoms with van der Waals surface area (Å²) in [5.74, 6) is -2.24. The van der Waals surface area contributed by atoms with Crippen LogP contribution in [0, 0.1) is 11.8 Å². The molecule has 2 aromatic carbocycles. The number of aromatic nitrogens is 6. The lowest BCUT2D eigenvalue weighted by atomic mass is 9.87. The molecule has 430 valence electrons. The number of aryl methyl sites for hydroxylation is 6. The van der Waals surface area contributed by atoms with Gasteiger partial charge >= 0.3 is 0 Å². The first kappa shape index (κ1) is 60.7. The maximum absolute atomic E-state index is 14.8. The summed E-state index contributed by atoms with van der Waals surface area (Å²) in [6.07, 6.45) is 10.5. The molecule has 10 atom stereocenters. The molecule has 6 N–H and O–H groups in total. The number of benzene rings is 2. The Bertz CT molecular complexity index is 2610. The number of rotatable bonds is 20. The highest BCUT2D eigenvalue weighted by Crippen LogP contribution is 2.35. The summed E-state index contributed by atoms with van der Waals surface area (Å²) < 4.78 is 3.78. The summed E-state index contributed by atoms with van der Waals surface area (Å²) in [6, 6.07) is 12.0. The number of nitrogens with zero attached hydrogens (tertiary/aromatic N) is 8. The van der Waals surface area contributed by atoms with Crippen LogP contribution < -0.4 is 31.9 Å². The highest BCUT2D eigenvalue weighted by Gasteiger charge is 2.43. The van der Waals surface area contributed by atoms with Crippen LogP contribution in [0.15, 0.2) is 48.5 Å². The van der Waals surface area contributed by atoms with Crippen molar-refractivity contribution in [2.45, 2.75) is 185 Å². The number of fused-ring (bicyclic) bond motifs is 5. The molecular formula is C57H82Cl2N14O6. The van der Waals surface area contributed by atoms with E-state index >= 15 is 0 Å². The Balaban J connectivity index is 0.00000452. The van der Waals surface area contributed by atoms with E-state index in [0.717, 1.165) is 67.5 Å². The lowest BCUT2D eigenvalue weighted by Crippen LogP contribution is -2.57. The van der Waals surface area contributed by atoms with Crippen molar-refractivity contribution in [3.05, 3.63) is 82.2 Å². The van der Waals surface area contributed by atoms with Gasteiger partial charge < -0.3 is 41.7 Å². The van der Waals surface area contributed by atoms with Crippen LogP contribution in [0.25, 0.3) is 11.4 Å². The maximum atomic E-state index is 14.8. The van der Waals surface area contributed by atoms with Gasteiger partial charge in [-0.3, -0.25) is 28.8 Å². The van der Waals surface area contributed by atoms with Gasteiger partial charge in [0.25, 0.3) is 0 Å². The van der Waals surface area contributed by atoms with Gasteiger partial charge in [-0.15, -0.1) is 35.0 Å². The topological polar surface area (TPSA) is 242 Å². The van der Waals surface area contributed by atoms with E-state index in [-0.39, 0.29) is 84.2 Å². The van der Waals surface area contributed by atoms with Crippen LogP contribution in [0.5, 0.6) is 0 Å². The number of hydrogen-bond donors (Lipinski definition) is 6. The van der Waals surface area contributed by atoms with Crippen molar-refractivity contribution in [3.63, 3.8) is 0 Å². The number of carbonyl (C=O) groups is 6. The van der Waals surface area contributed by atoms with Crippen LogP contribution in [0.1, 0.15) is 144 Å². The molecule has 79 heavy (non-hydrogen) atoms. The molecule has 3 aliphatic heterocycles. The minimum Gasteiger partial charge on any atom is -0.347 e. The number of halogens is 2. The molecule has 20 nitrogen and oxygen atoms in total. The van der Waals surface area contributed by atoms with Crippen LogP contribution in [-0.2, 0) is 67.5 Å². The molecule has 22 heteroatoms. The Morgan fingerprint density at radius 3 is 1.35 bits per heavy atom. The van der Waals surface area contributed by atoms with E-state index in [1.165, 1.54) is 11.1 Å². The third-order valence-corrected chi connectivity index (χ3v) is 17.2. The Morgan fingerprint density at radius 1 is 0.544 bits per heavy atom. The molecule has 2 aromatic heterocycles. The summed E-state index contributed by atoms with van der Waals surface area (Å²) in [4.78, 5) is 88.2. The SMILES string of the molecule is CN[C@@H](C)C(=O)NC(C(=O)N1CCC[C@H]1C(=O)NC1CCCc2ccccc21)[C@@H](C)CCc1nnn2c1-c1c(CC[C@H](C)[C@H](NC(=O)[C@H](C)NC)C(=O)N3CCC[C@H]3C(=O)N[C@@H]3CCCc4ccccc43)nnn1CCC2.Cl.Cl. The highest BCUT2D eigenvalue weighted by atomic mass is 35.5. The third kappa shape index (κ3) is 13.5. The van der Waals surface area contributed by atoms with Gasteiger partial charge in [-0.25, -0.2) is 9.36 Å². The van der Waals surface area contributed by atoms with E-state index in [2.05, 4.69) is 66.6 Å². The quantitative estimate of drug-likeness (QED) is 0.0719. The molecule has 0 bridgehead atoms. The molecule has 0 spiro atoms. The molecule has 9 rings (SSSR count). The van der Waals surface area contributed by atoms with Crippen molar-refractivity contribution in [2.75, 3.05) is 27.2 Å². The largest absolute Gasteiger partial charge is 0.347 e. The molecular weight excluding hydrogens is 1050 g/mol. The maximum Gasteiger partial charge on any atom is 0.246 e. The highest BCUT2D eigenvalue weighted by molar-refractivity contribution is 5.95. The number of nitrogens with one attached hydrogen (secondary N) is 6. The number of carbonyl (C=O) groups excluding carboxylic acids is 6. The summed E-state index contributed by atoms with van der Waals surface area (Å²) in [6.45, 7) is 9.44. The molecule has 2 saturated heterocycles. The first-order valence-electron chi connectivity index (χ1n) is 28.4. The molecule has 2 fully saturated rings. The van der Waals surface area contributed by atoms with Gasteiger partial charge in [-0.05, 0) is 158 Å². The van der Waals surface area contributed by atoms with Gasteiger partial charge in [0.05, 0.1) is 35.6 Å². The van der Waals surface area contributed by atoms with Crippen molar-refractivity contribution >= 4 is 60.3 Å². The van der Waals surface area contributed by atoms with Crippen molar-refractivity contribution < 1.29 is 28.8 Å². The molecule has 5 aliphatic rings. The van der Waals surface area contributed by atoms with E-state index in [9.17, 15) is 28.8 Å². The number of likely N-dealkylation sites (tertiary alicyclic amines) is 2. The molecule has 0 radical (unpaired) electrons. The van der Waals surface area contributed by atoms with Crippen LogP contribution in [-0.4, -0.2) is 139 Å². The predicted octanol–water partition coefficient (Wildman–Crippen LogP) is 4.48. The number of hydrogen-bond acceptors (Lipinski definition) is 12. The molecule has 0 saturated carbocycles. The van der Waals surface area contributed by atoms with E-state index in [0.29, 0.717) is 88.9 Å². The summed E-state index contributed by atoms with van der Waals surface area (Å²) >= 11 is 0. The van der Waals surface area contributed by atoms with Crippen LogP contribution in [0.2, 0.25) is 0 Å². The van der Waals surface area contributed by atoms with Gasteiger partial charge in [0.2, 0.25) is 35.4 Å². The summed E-state index contributed by atoms with van der Waals surface area (Å²) in [5, 5.41) is 37.3. The Labute approximate surface area is 476 Å². The first-order chi connectivity index (χ1) is 37.3. The van der Waals surface area contributed by atoms with Crippen molar-refractivity contribution in [1.29, 1.82) is 0 Å². The minimum absolute atomic E-state index is 0. The zero-order chi connectivity index (χ0) is 54.3. The molecule has 2 aliphatic carbocycles. The van der Waals surface area contributed by atoms with Gasteiger partial charge in [-0.2, -0.15) is 0 Å². The fraction of sp³-hybridized carbons (Fsp3) is 0.614. The normalized spacial score (nSPS) is 21.6. The van der Waals surface area contributed by atoms with Gasteiger partial charge in [0.1, 0.15) is 35.6 Å². The van der Waals surface area contributed by atoms with Crippen molar-refractivity contribution in [3.8, 4) is 11.4 Å². The van der Waals surface area contributed by atoms with E-state index < -0.39 is 36.3 Å². The molecule has 5 heterocycles. The Kier molecular flexibility index (Phi) is 21.1. The standard InChI is InChI=1S/C57H80N14O6.2ClH/c1-34(48(62-52(72)36(3)58-5)56(76)68-30-13-24-46(68)54(74)60-42-22-11-18-38-16-7-9-20-40(38)42)26-28-44-50-51-45(65-67-71(51)33-15-32-70(50)66-64-44)29-27-35(2)49(63-53(73)37(4)59-6)57(77)69-31-14-25-47(69)55(75)61-43-23-12-19-39-17-8-10-21-41(39)43;;/h7-10,16-17,20-21,34-37,42-43,46-49,58-59H,11-15,18-19,22-33H2,1-6H3,(H,60,74)(H,61,75)(H,62,72)(H,63,73);2*1H/t34-,35-,36-,37-,42+,43?,46-,47-,48-,49?;;/m0../s1. The van der Waals surface area contributed by atoms with E-state index in [1.54, 1.807) is 37.7 Å². The fourth-order valence-corrected chi connectivity index (χ4v) is 12.3. The first-order valence-corrected chi connectivity index (χ1v) is 28.4. The zero-order valence-electron chi connectivity index (χ0n) is 46.7. The molecule has 6 amide bonds. The second kappa shape index (κ2) is 27.5. The van der Waals surface area contributed by atoms with Gasteiger partial charge in [0.15, 0.2) is 0 Å². The number of likely N-dealkylation sites (N-methyl/N-ethyl adjacent to an activating group) is 2. The fourth-order valence-electron chi connectivity index (χ4n) is 12.3. The van der Waals surface area contributed by atoms with E-state index in [4.69, 9.17) is 10.2 Å². The van der Waals surface area contributed by atoms with Crippen LogP contribution >= 0.6 is 24.8 Å². The monoisotopic (exact) mass is 1130 g/mol. The lowest BCUT2D eigenvalue weighted by Gasteiger charge is -2.33. The Hall–Kier alpha value is -5.96. The zero-order valence-corrected chi connectivity index (χ0v) is 48.3.